The molecule has 0 radical (unpaired) electrons. The Morgan fingerprint density at radius 2 is 1.92 bits per heavy atom. The first-order chi connectivity index (χ1) is 12.1. The molecule has 2 heterocycles. The second kappa shape index (κ2) is 6.83. The summed E-state index contributed by atoms with van der Waals surface area (Å²) in [5, 5.41) is 17.9. The zero-order valence-corrected chi connectivity index (χ0v) is 13.3. The minimum absolute atomic E-state index is 0.0585. The van der Waals surface area contributed by atoms with E-state index in [2.05, 4.69) is 20.4 Å². The van der Waals surface area contributed by atoms with Gasteiger partial charge in [-0.15, -0.1) is 0 Å². The molecule has 0 bridgehead atoms. The van der Waals surface area contributed by atoms with Crippen molar-refractivity contribution in [3.8, 4) is 17.4 Å². The molecule has 0 atom stereocenters. The zero-order chi connectivity index (χ0) is 17.8. The largest absolute Gasteiger partial charge is 0.497 e. The summed E-state index contributed by atoms with van der Waals surface area (Å²) < 4.78 is 15.5. The molecule has 0 saturated carbocycles. The van der Waals surface area contributed by atoms with Gasteiger partial charge in [-0.2, -0.15) is 4.98 Å². The van der Waals surface area contributed by atoms with Gasteiger partial charge >= 0.3 is 11.6 Å². The Labute approximate surface area is 141 Å². The van der Waals surface area contributed by atoms with Crippen molar-refractivity contribution >= 4 is 17.3 Å². The Bertz CT molecular complexity index is 894. The van der Waals surface area contributed by atoms with E-state index in [1.54, 1.807) is 37.3 Å². The van der Waals surface area contributed by atoms with Crippen molar-refractivity contribution in [2.24, 2.45) is 0 Å². The highest BCUT2D eigenvalue weighted by Crippen LogP contribution is 2.35. The number of nitrogens with zero attached hydrogens (tertiary/aromatic N) is 4. The fraction of sp³-hybridized carbons (Fsp3) is 0.133. The van der Waals surface area contributed by atoms with Gasteiger partial charge in [-0.05, 0) is 31.2 Å². The summed E-state index contributed by atoms with van der Waals surface area (Å²) in [7, 11) is 1.54. The summed E-state index contributed by atoms with van der Waals surface area (Å²) in [6.45, 7) is 1.70. The van der Waals surface area contributed by atoms with Crippen LogP contribution in [0.1, 0.15) is 5.76 Å². The average Bonchev–Trinajstić information content (AvgIpc) is 3.00. The molecule has 128 valence electrons. The van der Waals surface area contributed by atoms with E-state index in [0.717, 1.165) is 6.33 Å². The molecular weight excluding hydrogens is 330 g/mol. The second-order valence-corrected chi connectivity index (χ2v) is 4.86. The van der Waals surface area contributed by atoms with Gasteiger partial charge in [0.05, 0.1) is 12.0 Å². The van der Waals surface area contributed by atoms with Crippen molar-refractivity contribution in [3.05, 3.63) is 52.5 Å². The average molecular weight is 343 g/mol. The molecule has 0 aliphatic rings. The van der Waals surface area contributed by atoms with Crippen molar-refractivity contribution in [3.63, 3.8) is 0 Å². The van der Waals surface area contributed by atoms with Crippen LogP contribution in [0.25, 0.3) is 0 Å². The van der Waals surface area contributed by atoms with Crippen LogP contribution in [-0.4, -0.2) is 27.2 Å². The Hall–Kier alpha value is -3.69. The molecule has 0 amide bonds. The van der Waals surface area contributed by atoms with Gasteiger partial charge in [-0.1, -0.05) is 5.16 Å². The Morgan fingerprint density at radius 3 is 2.52 bits per heavy atom. The Morgan fingerprint density at radius 1 is 1.20 bits per heavy atom. The van der Waals surface area contributed by atoms with Gasteiger partial charge in [0.25, 0.3) is 0 Å². The van der Waals surface area contributed by atoms with Gasteiger partial charge in [-0.25, -0.2) is 4.98 Å². The number of hydrogen-bond donors (Lipinski definition) is 1. The standard InChI is InChI=1S/C15H13N5O5/c1-9-7-12(19-25-9)18-14-13(20(21)22)15(17-8-16-14)24-11-5-3-10(23-2)4-6-11/h3-8H,1-2H3,(H,16,17,18,19). The first-order valence-corrected chi connectivity index (χ1v) is 7.08. The van der Waals surface area contributed by atoms with Crippen LogP contribution in [0.15, 0.2) is 41.2 Å². The molecular formula is C15H13N5O5. The van der Waals surface area contributed by atoms with Crippen LogP contribution in [0.4, 0.5) is 17.3 Å². The van der Waals surface area contributed by atoms with Gasteiger partial charge in [0.1, 0.15) is 23.6 Å². The van der Waals surface area contributed by atoms with Crippen LogP contribution in [0.5, 0.6) is 17.4 Å². The number of anilines is 2. The predicted molar refractivity (Wildman–Crippen MR) is 86.3 cm³/mol. The van der Waals surface area contributed by atoms with Gasteiger partial charge in [0.2, 0.25) is 5.82 Å². The maximum Gasteiger partial charge on any atom is 0.373 e. The van der Waals surface area contributed by atoms with Crippen LogP contribution in [-0.2, 0) is 0 Å². The molecule has 25 heavy (non-hydrogen) atoms. The number of aryl methyl sites for hydroxylation is 1. The quantitative estimate of drug-likeness (QED) is 0.530. The maximum atomic E-state index is 11.5. The predicted octanol–water partition coefficient (Wildman–Crippen LogP) is 3.23. The monoisotopic (exact) mass is 343 g/mol. The summed E-state index contributed by atoms with van der Waals surface area (Å²) in [6.07, 6.45) is 1.15. The fourth-order valence-electron chi connectivity index (χ4n) is 2.00. The van der Waals surface area contributed by atoms with Crippen molar-refractivity contribution < 1.29 is 18.9 Å². The van der Waals surface area contributed by atoms with Gasteiger partial charge in [0, 0.05) is 6.07 Å². The number of nitro groups is 1. The Kier molecular flexibility index (Phi) is 4.42. The number of methoxy groups -OCH3 is 1. The molecule has 3 rings (SSSR count). The fourth-order valence-corrected chi connectivity index (χ4v) is 2.00. The lowest BCUT2D eigenvalue weighted by Crippen LogP contribution is -2.03. The first-order valence-electron chi connectivity index (χ1n) is 7.08. The third-order valence-electron chi connectivity index (χ3n) is 3.12. The van der Waals surface area contributed by atoms with Crippen LogP contribution in [0.2, 0.25) is 0 Å². The smallest absolute Gasteiger partial charge is 0.373 e. The van der Waals surface area contributed by atoms with E-state index < -0.39 is 10.6 Å². The molecule has 0 spiro atoms. The lowest BCUT2D eigenvalue weighted by atomic mass is 10.3. The first kappa shape index (κ1) is 16.2. The normalized spacial score (nSPS) is 10.3. The van der Waals surface area contributed by atoms with Crippen molar-refractivity contribution in [2.45, 2.75) is 6.92 Å². The van der Waals surface area contributed by atoms with Gasteiger partial charge in [0.15, 0.2) is 5.82 Å². The molecule has 1 aromatic carbocycles. The van der Waals surface area contributed by atoms with E-state index in [-0.39, 0.29) is 17.5 Å². The van der Waals surface area contributed by atoms with E-state index >= 15 is 0 Å². The minimum Gasteiger partial charge on any atom is -0.497 e. The maximum absolute atomic E-state index is 11.5. The van der Waals surface area contributed by atoms with E-state index in [0.29, 0.717) is 17.3 Å². The third kappa shape index (κ3) is 3.63. The van der Waals surface area contributed by atoms with E-state index in [9.17, 15) is 10.1 Å². The molecule has 0 unspecified atom stereocenters. The number of ether oxygens (including phenoxy) is 2. The molecule has 10 heteroatoms. The number of nitrogens with one attached hydrogen (secondary N) is 1. The molecule has 1 N–H and O–H groups in total. The second-order valence-electron chi connectivity index (χ2n) is 4.86. The summed E-state index contributed by atoms with van der Waals surface area (Å²) in [5.41, 5.74) is -0.418. The Balaban J connectivity index is 1.92. The van der Waals surface area contributed by atoms with Crippen molar-refractivity contribution in [1.29, 1.82) is 0 Å². The van der Waals surface area contributed by atoms with Crippen LogP contribution in [0, 0.1) is 17.0 Å². The highest BCUT2D eigenvalue weighted by Gasteiger charge is 2.25. The number of rotatable bonds is 6. The third-order valence-corrected chi connectivity index (χ3v) is 3.12. The number of benzene rings is 1. The summed E-state index contributed by atoms with van der Waals surface area (Å²) in [6, 6.07) is 8.13. The lowest BCUT2D eigenvalue weighted by Gasteiger charge is -2.08. The SMILES string of the molecule is COc1ccc(Oc2ncnc(Nc3cc(C)on3)c2[N+](=O)[O-])cc1. The van der Waals surface area contributed by atoms with Gasteiger partial charge < -0.3 is 19.3 Å². The molecule has 3 aromatic rings. The van der Waals surface area contributed by atoms with E-state index in [1.807, 2.05) is 0 Å². The van der Waals surface area contributed by atoms with Crippen molar-refractivity contribution in [1.82, 2.24) is 15.1 Å². The molecule has 2 aromatic heterocycles. The molecule has 0 saturated heterocycles. The molecule has 0 aliphatic carbocycles. The van der Waals surface area contributed by atoms with Crippen molar-refractivity contribution in [2.75, 3.05) is 12.4 Å². The minimum atomic E-state index is -0.631. The highest BCUT2D eigenvalue weighted by atomic mass is 16.6. The number of hydrogen-bond acceptors (Lipinski definition) is 9. The lowest BCUT2D eigenvalue weighted by molar-refractivity contribution is -0.385. The van der Waals surface area contributed by atoms with Crippen LogP contribution < -0.4 is 14.8 Å². The summed E-state index contributed by atoms with van der Waals surface area (Å²) in [5.74, 6) is 1.58. The highest BCUT2D eigenvalue weighted by molar-refractivity contribution is 5.67. The van der Waals surface area contributed by atoms with Crippen LogP contribution in [0.3, 0.4) is 0 Å². The topological polar surface area (TPSA) is 125 Å². The van der Waals surface area contributed by atoms with E-state index in [1.165, 1.54) is 7.11 Å². The zero-order valence-electron chi connectivity index (χ0n) is 13.3. The van der Waals surface area contributed by atoms with Gasteiger partial charge in [-0.3, -0.25) is 10.1 Å². The summed E-state index contributed by atoms with van der Waals surface area (Å²) >= 11 is 0. The molecule has 10 nitrogen and oxygen atoms in total. The summed E-state index contributed by atoms with van der Waals surface area (Å²) in [4.78, 5) is 18.6. The van der Waals surface area contributed by atoms with Crippen LogP contribution >= 0.6 is 0 Å². The van der Waals surface area contributed by atoms with E-state index in [4.69, 9.17) is 14.0 Å². The number of aromatic nitrogens is 3. The molecule has 0 aliphatic heterocycles. The molecule has 0 fully saturated rings.